The van der Waals surface area contributed by atoms with E-state index < -0.39 is 0 Å². The van der Waals surface area contributed by atoms with E-state index in [1.807, 2.05) is 60.8 Å². The summed E-state index contributed by atoms with van der Waals surface area (Å²) >= 11 is 0. The van der Waals surface area contributed by atoms with Gasteiger partial charge in [-0.15, -0.1) is 0 Å². The highest BCUT2D eigenvalue weighted by atomic mass is 16.5. The number of hydrogen-bond acceptors (Lipinski definition) is 5. The molecule has 2 aromatic carbocycles. The highest BCUT2D eigenvalue weighted by Crippen LogP contribution is 2.28. The third-order valence-electron chi connectivity index (χ3n) is 5.80. The monoisotopic (exact) mass is 470 g/mol. The molecule has 1 saturated heterocycles. The van der Waals surface area contributed by atoms with Crippen molar-refractivity contribution in [1.29, 1.82) is 5.26 Å². The van der Waals surface area contributed by atoms with Crippen LogP contribution in [0.25, 0.3) is 23.0 Å². The van der Waals surface area contributed by atoms with Gasteiger partial charge in [-0.1, -0.05) is 32.0 Å². The fourth-order valence-electron chi connectivity index (χ4n) is 3.79. The van der Waals surface area contributed by atoms with E-state index >= 15 is 0 Å². The average molecular weight is 471 g/mol. The molecule has 1 fully saturated rings. The maximum absolute atomic E-state index is 13.0. The van der Waals surface area contributed by atoms with Gasteiger partial charge in [-0.3, -0.25) is 4.79 Å². The third kappa shape index (κ3) is 6.17. The van der Waals surface area contributed by atoms with Crippen molar-refractivity contribution in [2.75, 3.05) is 32.9 Å². The van der Waals surface area contributed by atoms with E-state index in [0.717, 1.165) is 23.4 Å². The van der Waals surface area contributed by atoms with Gasteiger partial charge >= 0.3 is 0 Å². The summed E-state index contributed by atoms with van der Waals surface area (Å²) in [4.78, 5) is 14.6. The van der Waals surface area contributed by atoms with Gasteiger partial charge in [0, 0.05) is 30.4 Å². The van der Waals surface area contributed by atoms with Gasteiger partial charge < -0.3 is 14.4 Å². The van der Waals surface area contributed by atoms with Gasteiger partial charge in [0.2, 0.25) is 0 Å². The molecule has 3 aromatic rings. The Hall–Kier alpha value is -3.89. The number of carbonyl (C=O) groups is 1. The number of para-hydroxylation sites is 1. The van der Waals surface area contributed by atoms with Crippen molar-refractivity contribution in [2.45, 2.75) is 20.3 Å². The Kier molecular flexibility index (Phi) is 7.96. The van der Waals surface area contributed by atoms with E-state index in [1.54, 1.807) is 15.7 Å². The molecule has 1 aromatic heterocycles. The van der Waals surface area contributed by atoms with Gasteiger partial charge in [0.1, 0.15) is 17.4 Å². The first-order valence-corrected chi connectivity index (χ1v) is 11.9. The SMILES string of the molecule is CC(C)CCOc1ccc(-c2nn(-c3ccccc3)cc2C=C(C#N)C(=O)N2CCOCC2)cc1. The summed E-state index contributed by atoms with van der Waals surface area (Å²) in [6, 6.07) is 19.6. The summed E-state index contributed by atoms with van der Waals surface area (Å²) in [6.07, 6.45) is 4.47. The minimum absolute atomic E-state index is 0.0781. The molecule has 2 heterocycles. The van der Waals surface area contributed by atoms with Gasteiger partial charge in [-0.25, -0.2) is 4.68 Å². The van der Waals surface area contributed by atoms with Crippen molar-refractivity contribution >= 4 is 12.0 Å². The maximum Gasteiger partial charge on any atom is 0.264 e. The lowest BCUT2D eigenvalue weighted by Crippen LogP contribution is -2.41. The van der Waals surface area contributed by atoms with Gasteiger partial charge in [-0.05, 0) is 54.8 Å². The molecule has 7 heteroatoms. The molecule has 0 N–H and O–H groups in total. The van der Waals surface area contributed by atoms with E-state index in [0.29, 0.717) is 50.1 Å². The number of aromatic nitrogens is 2. The minimum Gasteiger partial charge on any atom is -0.494 e. The second-order valence-corrected chi connectivity index (χ2v) is 8.84. The van der Waals surface area contributed by atoms with Crippen molar-refractivity contribution in [3.8, 4) is 28.8 Å². The van der Waals surface area contributed by atoms with Gasteiger partial charge in [0.15, 0.2) is 0 Å². The fraction of sp³-hybridized carbons (Fsp3) is 0.321. The van der Waals surface area contributed by atoms with Gasteiger partial charge in [0.25, 0.3) is 5.91 Å². The number of carbonyl (C=O) groups excluding carboxylic acids is 1. The van der Waals surface area contributed by atoms with E-state index in [9.17, 15) is 10.1 Å². The lowest BCUT2D eigenvalue weighted by atomic mass is 10.1. The lowest BCUT2D eigenvalue weighted by molar-refractivity contribution is -0.130. The van der Waals surface area contributed by atoms with Crippen LogP contribution in [0.15, 0.2) is 66.4 Å². The Morgan fingerprint density at radius 3 is 2.51 bits per heavy atom. The van der Waals surface area contributed by atoms with Crippen molar-refractivity contribution in [3.63, 3.8) is 0 Å². The van der Waals surface area contributed by atoms with Crippen LogP contribution in [0.5, 0.6) is 5.75 Å². The number of hydrogen-bond donors (Lipinski definition) is 0. The Morgan fingerprint density at radius 1 is 1.14 bits per heavy atom. The molecule has 180 valence electrons. The zero-order valence-electron chi connectivity index (χ0n) is 20.2. The van der Waals surface area contributed by atoms with Crippen LogP contribution in [-0.2, 0) is 9.53 Å². The van der Waals surface area contributed by atoms with Crippen molar-refractivity contribution < 1.29 is 14.3 Å². The normalized spacial score (nSPS) is 14.1. The smallest absolute Gasteiger partial charge is 0.264 e. The molecule has 0 radical (unpaired) electrons. The van der Waals surface area contributed by atoms with E-state index in [2.05, 4.69) is 19.9 Å². The van der Waals surface area contributed by atoms with E-state index in [4.69, 9.17) is 14.6 Å². The van der Waals surface area contributed by atoms with Crippen LogP contribution in [0.1, 0.15) is 25.8 Å². The summed E-state index contributed by atoms with van der Waals surface area (Å²) in [5.74, 6) is 1.09. The van der Waals surface area contributed by atoms with Crippen molar-refractivity contribution in [1.82, 2.24) is 14.7 Å². The fourth-order valence-corrected chi connectivity index (χ4v) is 3.79. The zero-order valence-corrected chi connectivity index (χ0v) is 20.2. The molecule has 4 rings (SSSR count). The van der Waals surface area contributed by atoms with Crippen molar-refractivity contribution in [2.24, 2.45) is 5.92 Å². The standard InChI is InChI=1S/C28H30N4O3/c1-21(2)12-15-35-26-10-8-22(9-11-26)27-24(20-32(30-27)25-6-4-3-5-7-25)18-23(19-29)28(33)31-13-16-34-17-14-31/h3-11,18,20-21H,12-17H2,1-2H3. The second kappa shape index (κ2) is 11.5. The number of rotatable bonds is 8. The van der Waals surface area contributed by atoms with Gasteiger partial charge in [0.05, 0.1) is 31.2 Å². The molecule has 7 nitrogen and oxygen atoms in total. The molecule has 0 aliphatic carbocycles. The topological polar surface area (TPSA) is 80.4 Å². The first-order valence-electron chi connectivity index (χ1n) is 11.9. The molecule has 0 spiro atoms. The predicted molar refractivity (Wildman–Crippen MR) is 135 cm³/mol. The quantitative estimate of drug-likeness (QED) is 0.351. The third-order valence-corrected chi connectivity index (χ3v) is 5.80. The Labute approximate surface area is 206 Å². The summed E-state index contributed by atoms with van der Waals surface area (Å²) in [5, 5.41) is 14.6. The molecular formula is C28H30N4O3. The largest absolute Gasteiger partial charge is 0.494 e. The summed E-state index contributed by atoms with van der Waals surface area (Å²) in [7, 11) is 0. The first kappa shape index (κ1) is 24.2. The molecule has 1 aliphatic rings. The Bertz CT molecular complexity index is 1200. The summed E-state index contributed by atoms with van der Waals surface area (Å²) < 4.78 is 13.0. The number of amides is 1. The number of benzene rings is 2. The van der Waals surface area contributed by atoms with Crippen LogP contribution in [0, 0.1) is 17.2 Å². The lowest BCUT2D eigenvalue weighted by Gasteiger charge is -2.26. The van der Waals surface area contributed by atoms with Crippen LogP contribution in [-0.4, -0.2) is 53.5 Å². The van der Waals surface area contributed by atoms with Crippen molar-refractivity contribution in [3.05, 3.63) is 71.9 Å². The second-order valence-electron chi connectivity index (χ2n) is 8.84. The predicted octanol–water partition coefficient (Wildman–Crippen LogP) is 4.73. The number of nitrogens with zero attached hydrogens (tertiary/aromatic N) is 4. The molecule has 0 bridgehead atoms. The molecule has 0 unspecified atom stereocenters. The van der Waals surface area contributed by atoms with E-state index in [1.165, 1.54) is 0 Å². The summed E-state index contributed by atoms with van der Waals surface area (Å²) in [5.41, 5.74) is 3.22. The molecule has 1 amide bonds. The average Bonchev–Trinajstić information content (AvgIpc) is 3.32. The highest BCUT2D eigenvalue weighted by molar-refractivity contribution is 6.02. The molecule has 35 heavy (non-hydrogen) atoms. The Morgan fingerprint density at radius 2 is 1.86 bits per heavy atom. The van der Waals surface area contributed by atoms with Crippen LogP contribution in [0.2, 0.25) is 0 Å². The maximum atomic E-state index is 13.0. The number of nitriles is 1. The van der Waals surface area contributed by atoms with Crippen LogP contribution in [0.4, 0.5) is 0 Å². The van der Waals surface area contributed by atoms with Gasteiger partial charge in [-0.2, -0.15) is 10.4 Å². The van der Waals surface area contributed by atoms with E-state index in [-0.39, 0.29) is 11.5 Å². The molecule has 1 aliphatic heterocycles. The minimum atomic E-state index is -0.289. The zero-order chi connectivity index (χ0) is 24.6. The first-order chi connectivity index (χ1) is 17.0. The van der Waals surface area contributed by atoms with Crippen LogP contribution < -0.4 is 4.74 Å². The molecular weight excluding hydrogens is 440 g/mol. The van der Waals surface area contributed by atoms with Crippen LogP contribution in [0.3, 0.4) is 0 Å². The number of morpholine rings is 1. The highest BCUT2D eigenvalue weighted by Gasteiger charge is 2.22. The molecule has 0 saturated carbocycles. The Balaban J connectivity index is 1.67. The number of ether oxygens (including phenoxy) is 2. The molecule has 0 atom stereocenters. The van der Waals surface area contributed by atoms with Crippen LogP contribution >= 0.6 is 0 Å². The summed E-state index contributed by atoms with van der Waals surface area (Å²) in [6.45, 7) is 6.93.